The maximum absolute atomic E-state index is 13.9. The lowest BCUT2D eigenvalue weighted by atomic mass is 9.98. The van der Waals surface area contributed by atoms with Crippen LogP contribution in [-0.4, -0.2) is 32.1 Å². The molecule has 2 rings (SSSR count). The molecule has 1 amide bonds. The molecule has 1 aromatic rings. The summed E-state index contributed by atoms with van der Waals surface area (Å²) in [6.07, 6.45) is 3.26. The van der Waals surface area contributed by atoms with Crippen molar-refractivity contribution in [1.82, 2.24) is 5.32 Å². The first-order valence-electron chi connectivity index (χ1n) is 7.67. The van der Waals surface area contributed by atoms with E-state index < -0.39 is 11.7 Å². The van der Waals surface area contributed by atoms with E-state index in [1.54, 1.807) is 12.1 Å². The van der Waals surface area contributed by atoms with Gasteiger partial charge < -0.3 is 16.0 Å². The molecule has 1 aliphatic heterocycles. The molecular weight excluding hydrogens is 269 g/mol. The van der Waals surface area contributed by atoms with Crippen LogP contribution in [0.5, 0.6) is 0 Å². The second-order valence-electron chi connectivity index (χ2n) is 5.66. The van der Waals surface area contributed by atoms with E-state index in [0.717, 1.165) is 45.4 Å². The van der Waals surface area contributed by atoms with Gasteiger partial charge in [-0.15, -0.1) is 0 Å². The molecule has 5 heteroatoms. The first kappa shape index (κ1) is 15.8. The van der Waals surface area contributed by atoms with E-state index in [1.165, 1.54) is 6.07 Å². The van der Waals surface area contributed by atoms with Crippen molar-refractivity contribution in [3.8, 4) is 0 Å². The van der Waals surface area contributed by atoms with Crippen molar-refractivity contribution in [3.05, 3.63) is 29.6 Å². The Morgan fingerprint density at radius 3 is 2.95 bits per heavy atom. The van der Waals surface area contributed by atoms with E-state index in [1.807, 2.05) is 0 Å². The minimum Gasteiger partial charge on any atom is -0.370 e. The second kappa shape index (κ2) is 7.41. The van der Waals surface area contributed by atoms with Crippen LogP contribution < -0.4 is 16.0 Å². The van der Waals surface area contributed by atoms with Gasteiger partial charge in [-0.2, -0.15) is 0 Å². The van der Waals surface area contributed by atoms with Gasteiger partial charge in [0.1, 0.15) is 5.82 Å². The molecule has 0 spiro atoms. The normalized spacial score (nSPS) is 18.5. The van der Waals surface area contributed by atoms with Crippen LogP contribution in [0.1, 0.15) is 36.5 Å². The Balaban J connectivity index is 2.24. The van der Waals surface area contributed by atoms with Gasteiger partial charge in [-0.3, -0.25) is 4.79 Å². The SMILES string of the molecule is CCCN(CC1CCCNC1)c1cccc(F)c1C(N)=O. The second-order valence-corrected chi connectivity index (χ2v) is 5.66. The molecule has 116 valence electrons. The maximum atomic E-state index is 13.9. The molecule has 1 fully saturated rings. The molecule has 1 heterocycles. The van der Waals surface area contributed by atoms with E-state index in [-0.39, 0.29) is 5.56 Å². The lowest BCUT2D eigenvalue weighted by Crippen LogP contribution is -2.39. The number of halogens is 1. The molecule has 0 aliphatic carbocycles. The summed E-state index contributed by atoms with van der Waals surface area (Å²) in [7, 11) is 0. The highest BCUT2D eigenvalue weighted by atomic mass is 19.1. The van der Waals surface area contributed by atoms with E-state index in [4.69, 9.17) is 5.73 Å². The highest BCUT2D eigenvalue weighted by Gasteiger charge is 2.22. The molecule has 0 bridgehead atoms. The van der Waals surface area contributed by atoms with Gasteiger partial charge in [0.2, 0.25) is 0 Å². The van der Waals surface area contributed by atoms with Gasteiger partial charge in [0.05, 0.1) is 11.3 Å². The number of rotatable bonds is 6. The molecule has 1 unspecified atom stereocenters. The number of amides is 1. The highest BCUT2D eigenvalue weighted by molar-refractivity contribution is 5.99. The van der Waals surface area contributed by atoms with Gasteiger partial charge in [-0.05, 0) is 50.4 Å². The molecule has 4 nitrogen and oxygen atoms in total. The minimum absolute atomic E-state index is 0.00900. The zero-order chi connectivity index (χ0) is 15.2. The number of benzene rings is 1. The lowest BCUT2D eigenvalue weighted by molar-refractivity contribution is 0.0997. The molecule has 1 saturated heterocycles. The summed E-state index contributed by atoms with van der Waals surface area (Å²) in [5.41, 5.74) is 5.99. The molecule has 1 aliphatic rings. The van der Waals surface area contributed by atoms with Crippen molar-refractivity contribution in [1.29, 1.82) is 0 Å². The number of nitrogens with zero attached hydrogens (tertiary/aromatic N) is 1. The van der Waals surface area contributed by atoms with Crippen LogP contribution in [0.15, 0.2) is 18.2 Å². The van der Waals surface area contributed by atoms with Crippen LogP contribution in [-0.2, 0) is 0 Å². The van der Waals surface area contributed by atoms with Gasteiger partial charge in [0, 0.05) is 13.1 Å². The van der Waals surface area contributed by atoms with Gasteiger partial charge in [0.25, 0.3) is 5.91 Å². The number of anilines is 1. The third kappa shape index (κ3) is 3.94. The Morgan fingerprint density at radius 2 is 2.33 bits per heavy atom. The van der Waals surface area contributed by atoms with E-state index >= 15 is 0 Å². The van der Waals surface area contributed by atoms with E-state index in [2.05, 4.69) is 17.1 Å². The molecule has 1 atom stereocenters. The zero-order valence-corrected chi connectivity index (χ0v) is 12.6. The molecule has 0 aromatic heterocycles. The summed E-state index contributed by atoms with van der Waals surface area (Å²) < 4.78 is 13.9. The van der Waals surface area contributed by atoms with Gasteiger partial charge in [-0.1, -0.05) is 13.0 Å². The number of nitrogens with one attached hydrogen (secondary N) is 1. The van der Waals surface area contributed by atoms with Crippen LogP contribution >= 0.6 is 0 Å². The Morgan fingerprint density at radius 1 is 1.52 bits per heavy atom. The number of hydrogen-bond donors (Lipinski definition) is 2. The van der Waals surface area contributed by atoms with E-state index in [0.29, 0.717) is 11.6 Å². The maximum Gasteiger partial charge on any atom is 0.253 e. The molecule has 0 radical (unpaired) electrons. The Kier molecular flexibility index (Phi) is 5.56. The Labute approximate surface area is 125 Å². The van der Waals surface area contributed by atoms with Crippen molar-refractivity contribution in [2.45, 2.75) is 26.2 Å². The lowest BCUT2D eigenvalue weighted by Gasteiger charge is -2.32. The Hall–Kier alpha value is -1.62. The molecule has 21 heavy (non-hydrogen) atoms. The fraction of sp³-hybridized carbons (Fsp3) is 0.562. The first-order chi connectivity index (χ1) is 10.1. The van der Waals surface area contributed by atoms with Crippen LogP contribution in [0.3, 0.4) is 0 Å². The number of hydrogen-bond acceptors (Lipinski definition) is 3. The van der Waals surface area contributed by atoms with Crippen molar-refractivity contribution in [3.63, 3.8) is 0 Å². The predicted molar refractivity (Wildman–Crippen MR) is 83.0 cm³/mol. The average Bonchev–Trinajstić information content (AvgIpc) is 2.47. The molecule has 1 aromatic carbocycles. The standard InChI is InChI=1S/C16H24FN3O/c1-2-9-20(11-12-5-4-8-19-10-12)14-7-3-6-13(17)15(14)16(18)21/h3,6-7,12,19H,2,4-5,8-11H2,1H3,(H2,18,21). The number of primary amides is 1. The van der Waals surface area contributed by atoms with Crippen molar-refractivity contribution < 1.29 is 9.18 Å². The smallest absolute Gasteiger partial charge is 0.253 e. The number of carbonyl (C=O) groups excluding carboxylic acids is 1. The highest BCUT2D eigenvalue weighted by Crippen LogP contribution is 2.25. The average molecular weight is 293 g/mol. The van der Waals surface area contributed by atoms with Crippen molar-refractivity contribution in [2.24, 2.45) is 11.7 Å². The fourth-order valence-electron chi connectivity index (χ4n) is 2.99. The summed E-state index contributed by atoms with van der Waals surface area (Å²) in [4.78, 5) is 13.7. The fourth-order valence-corrected chi connectivity index (χ4v) is 2.99. The van der Waals surface area contributed by atoms with Crippen molar-refractivity contribution >= 4 is 11.6 Å². The molecule has 3 N–H and O–H groups in total. The van der Waals surface area contributed by atoms with Crippen LogP contribution in [0.2, 0.25) is 0 Å². The molecular formula is C16H24FN3O. The first-order valence-corrected chi connectivity index (χ1v) is 7.67. The summed E-state index contributed by atoms with van der Waals surface area (Å²) in [5.74, 6) is -0.719. The van der Waals surface area contributed by atoms with E-state index in [9.17, 15) is 9.18 Å². The van der Waals surface area contributed by atoms with Crippen LogP contribution in [0, 0.1) is 11.7 Å². The zero-order valence-electron chi connectivity index (χ0n) is 12.6. The number of nitrogens with two attached hydrogens (primary N) is 1. The predicted octanol–water partition coefficient (Wildman–Crippen LogP) is 2.14. The molecule has 0 saturated carbocycles. The summed E-state index contributed by atoms with van der Waals surface area (Å²) in [5, 5.41) is 3.39. The van der Waals surface area contributed by atoms with Gasteiger partial charge in [0.15, 0.2) is 0 Å². The number of carbonyl (C=O) groups is 1. The largest absolute Gasteiger partial charge is 0.370 e. The third-order valence-corrected chi connectivity index (χ3v) is 3.95. The summed E-state index contributed by atoms with van der Waals surface area (Å²) in [6.45, 7) is 5.73. The van der Waals surface area contributed by atoms with Crippen LogP contribution in [0.4, 0.5) is 10.1 Å². The van der Waals surface area contributed by atoms with Crippen LogP contribution in [0.25, 0.3) is 0 Å². The van der Waals surface area contributed by atoms with Gasteiger partial charge in [-0.25, -0.2) is 4.39 Å². The topological polar surface area (TPSA) is 58.4 Å². The summed E-state index contributed by atoms with van der Waals surface area (Å²) >= 11 is 0. The number of piperidine rings is 1. The third-order valence-electron chi connectivity index (χ3n) is 3.95. The van der Waals surface area contributed by atoms with Crippen molar-refractivity contribution in [2.75, 3.05) is 31.1 Å². The monoisotopic (exact) mass is 293 g/mol. The Bertz CT molecular complexity index is 486. The quantitative estimate of drug-likeness (QED) is 0.845. The minimum atomic E-state index is -0.703. The van der Waals surface area contributed by atoms with Gasteiger partial charge >= 0.3 is 0 Å². The summed E-state index contributed by atoms with van der Waals surface area (Å²) in [6, 6.07) is 4.71.